The zero-order chi connectivity index (χ0) is 14.9. The second-order valence-electron chi connectivity index (χ2n) is 6.81. The highest BCUT2D eigenvalue weighted by atomic mass is 16.6. The number of piperazine rings is 1. The van der Waals surface area contributed by atoms with Gasteiger partial charge in [0, 0.05) is 31.2 Å². The summed E-state index contributed by atoms with van der Waals surface area (Å²) in [4.78, 5) is 2.58. The van der Waals surface area contributed by atoms with Gasteiger partial charge in [-0.1, -0.05) is 6.07 Å². The van der Waals surface area contributed by atoms with Gasteiger partial charge in [0.15, 0.2) is 11.5 Å². The maximum absolute atomic E-state index is 5.66. The predicted octanol–water partition coefficient (Wildman–Crippen LogP) is 2.07. The summed E-state index contributed by atoms with van der Waals surface area (Å²) in [5.41, 5.74) is 1.53. The molecule has 2 aliphatic rings. The Kier molecular flexibility index (Phi) is 4.09. The Bertz CT molecular complexity index is 502. The number of rotatable bonds is 3. The fourth-order valence-electron chi connectivity index (χ4n) is 3.09. The second-order valence-corrected chi connectivity index (χ2v) is 6.81. The van der Waals surface area contributed by atoms with Gasteiger partial charge in [0.05, 0.1) is 0 Å². The van der Waals surface area contributed by atoms with E-state index in [-0.39, 0.29) is 5.54 Å². The molecule has 116 valence electrons. The van der Waals surface area contributed by atoms with Crippen LogP contribution in [0.5, 0.6) is 11.5 Å². The zero-order valence-electron chi connectivity index (χ0n) is 13.3. The molecule has 1 unspecified atom stereocenters. The minimum Gasteiger partial charge on any atom is -0.486 e. The first-order chi connectivity index (χ1) is 10.0. The van der Waals surface area contributed by atoms with E-state index in [1.165, 1.54) is 5.56 Å². The third-order valence-electron chi connectivity index (χ3n) is 4.39. The Morgan fingerprint density at radius 3 is 2.81 bits per heavy atom. The molecule has 1 aromatic rings. The lowest BCUT2D eigenvalue weighted by molar-refractivity contribution is 0.106. The van der Waals surface area contributed by atoms with Gasteiger partial charge in [-0.15, -0.1) is 0 Å². The van der Waals surface area contributed by atoms with Crippen molar-refractivity contribution in [2.75, 3.05) is 32.8 Å². The molecule has 0 radical (unpaired) electrons. The maximum Gasteiger partial charge on any atom is 0.161 e. The largest absolute Gasteiger partial charge is 0.486 e. The van der Waals surface area contributed by atoms with E-state index in [0.717, 1.165) is 37.6 Å². The van der Waals surface area contributed by atoms with Crippen LogP contribution >= 0.6 is 0 Å². The van der Waals surface area contributed by atoms with Crippen molar-refractivity contribution in [3.05, 3.63) is 23.8 Å². The molecule has 0 aliphatic carbocycles. The van der Waals surface area contributed by atoms with Crippen LogP contribution in [0.25, 0.3) is 0 Å². The smallest absolute Gasteiger partial charge is 0.161 e. The predicted molar refractivity (Wildman–Crippen MR) is 84.3 cm³/mol. The first kappa shape index (κ1) is 14.7. The van der Waals surface area contributed by atoms with E-state index in [2.05, 4.69) is 43.1 Å². The summed E-state index contributed by atoms with van der Waals surface area (Å²) in [6.07, 6.45) is 1.05. The van der Waals surface area contributed by atoms with E-state index in [1.54, 1.807) is 0 Å². The first-order valence-corrected chi connectivity index (χ1v) is 7.91. The topological polar surface area (TPSA) is 33.7 Å². The van der Waals surface area contributed by atoms with Crippen LogP contribution in [-0.2, 0) is 6.42 Å². The van der Waals surface area contributed by atoms with Gasteiger partial charge in [-0.2, -0.15) is 0 Å². The molecule has 3 rings (SSSR count). The number of fused-ring (bicyclic) bond motifs is 1. The highest BCUT2D eigenvalue weighted by Crippen LogP contribution is 2.31. The molecular formula is C17H26N2O2. The summed E-state index contributed by atoms with van der Waals surface area (Å²) in [6.45, 7) is 11.4. The molecule has 4 nitrogen and oxygen atoms in total. The molecule has 1 aromatic carbocycles. The lowest BCUT2D eigenvalue weighted by Gasteiger charge is -2.43. The number of benzene rings is 1. The van der Waals surface area contributed by atoms with Gasteiger partial charge < -0.3 is 14.8 Å². The Hall–Kier alpha value is -1.26. The fraction of sp³-hybridized carbons (Fsp3) is 0.647. The molecule has 0 bridgehead atoms. The third kappa shape index (κ3) is 3.50. The van der Waals surface area contributed by atoms with Crippen molar-refractivity contribution in [1.29, 1.82) is 0 Å². The lowest BCUT2D eigenvalue weighted by Crippen LogP contribution is -2.60. The number of nitrogens with one attached hydrogen (secondary N) is 1. The third-order valence-corrected chi connectivity index (χ3v) is 4.39. The van der Waals surface area contributed by atoms with Crippen LogP contribution in [0, 0.1) is 0 Å². The summed E-state index contributed by atoms with van der Waals surface area (Å²) < 4.78 is 11.2. The van der Waals surface area contributed by atoms with Crippen molar-refractivity contribution in [2.45, 2.75) is 38.8 Å². The summed E-state index contributed by atoms with van der Waals surface area (Å²) in [5.74, 6) is 1.77. The average Bonchev–Trinajstić information content (AvgIpc) is 2.48. The van der Waals surface area contributed by atoms with Crippen LogP contribution in [0.4, 0.5) is 0 Å². The number of hydrogen-bond acceptors (Lipinski definition) is 4. The summed E-state index contributed by atoms with van der Waals surface area (Å²) in [7, 11) is 0. The van der Waals surface area contributed by atoms with Crippen molar-refractivity contribution in [1.82, 2.24) is 10.2 Å². The average molecular weight is 290 g/mol. The fourth-order valence-corrected chi connectivity index (χ4v) is 3.09. The van der Waals surface area contributed by atoms with Gasteiger partial charge in [-0.25, -0.2) is 0 Å². The van der Waals surface area contributed by atoms with Gasteiger partial charge in [-0.05, 0) is 44.9 Å². The van der Waals surface area contributed by atoms with Gasteiger partial charge in [0.1, 0.15) is 13.2 Å². The summed E-state index contributed by atoms with van der Waals surface area (Å²) in [5, 5.41) is 3.60. The standard InChI is InChI=1S/C17H26N2O2/c1-13-11-18-17(2,3)12-19(13)7-6-14-4-5-15-16(10-14)21-9-8-20-15/h4-5,10,13,18H,6-9,11-12H2,1-3H3. The van der Waals surface area contributed by atoms with E-state index in [9.17, 15) is 0 Å². The van der Waals surface area contributed by atoms with Gasteiger partial charge in [0.25, 0.3) is 0 Å². The van der Waals surface area contributed by atoms with Crippen molar-refractivity contribution >= 4 is 0 Å². The maximum atomic E-state index is 5.66. The Balaban J connectivity index is 1.62. The Morgan fingerprint density at radius 2 is 2.00 bits per heavy atom. The zero-order valence-corrected chi connectivity index (χ0v) is 13.3. The minimum absolute atomic E-state index is 0.208. The Morgan fingerprint density at radius 1 is 1.24 bits per heavy atom. The molecule has 1 saturated heterocycles. The van der Waals surface area contributed by atoms with Crippen LogP contribution in [0.3, 0.4) is 0 Å². The van der Waals surface area contributed by atoms with E-state index < -0.39 is 0 Å². The van der Waals surface area contributed by atoms with Crippen LogP contribution in [0.2, 0.25) is 0 Å². The molecule has 2 heterocycles. The summed E-state index contributed by atoms with van der Waals surface area (Å²) >= 11 is 0. The van der Waals surface area contributed by atoms with Crippen molar-refractivity contribution in [2.24, 2.45) is 0 Å². The van der Waals surface area contributed by atoms with Crippen molar-refractivity contribution in [3.8, 4) is 11.5 Å². The van der Waals surface area contributed by atoms with E-state index >= 15 is 0 Å². The molecule has 21 heavy (non-hydrogen) atoms. The number of ether oxygens (including phenoxy) is 2. The van der Waals surface area contributed by atoms with Crippen LogP contribution < -0.4 is 14.8 Å². The van der Waals surface area contributed by atoms with E-state index in [0.29, 0.717) is 19.3 Å². The van der Waals surface area contributed by atoms with Crippen LogP contribution in [0.1, 0.15) is 26.3 Å². The number of nitrogens with zero attached hydrogens (tertiary/aromatic N) is 1. The van der Waals surface area contributed by atoms with Gasteiger partial charge in [0.2, 0.25) is 0 Å². The monoisotopic (exact) mass is 290 g/mol. The van der Waals surface area contributed by atoms with E-state index in [1.807, 2.05) is 6.07 Å². The SMILES string of the molecule is CC1CNC(C)(C)CN1CCc1ccc2c(c1)OCCO2. The molecule has 1 atom stereocenters. The van der Waals surface area contributed by atoms with Gasteiger partial charge >= 0.3 is 0 Å². The van der Waals surface area contributed by atoms with Crippen LogP contribution in [0.15, 0.2) is 18.2 Å². The molecule has 1 N–H and O–H groups in total. The van der Waals surface area contributed by atoms with Crippen molar-refractivity contribution in [3.63, 3.8) is 0 Å². The second kappa shape index (κ2) is 5.85. The molecule has 0 saturated carbocycles. The lowest BCUT2D eigenvalue weighted by atomic mass is 9.98. The minimum atomic E-state index is 0.208. The molecule has 4 heteroatoms. The van der Waals surface area contributed by atoms with Crippen LogP contribution in [-0.4, -0.2) is 49.3 Å². The highest BCUT2D eigenvalue weighted by Gasteiger charge is 2.29. The number of hydrogen-bond donors (Lipinski definition) is 1. The molecule has 0 amide bonds. The Labute approximate surface area is 127 Å². The molecule has 0 spiro atoms. The van der Waals surface area contributed by atoms with Crippen molar-refractivity contribution < 1.29 is 9.47 Å². The summed E-state index contributed by atoms with van der Waals surface area (Å²) in [6, 6.07) is 6.92. The first-order valence-electron chi connectivity index (χ1n) is 7.91. The molecule has 0 aromatic heterocycles. The highest BCUT2D eigenvalue weighted by molar-refractivity contribution is 5.43. The quantitative estimate of drug-likeness (QED) is 0.924. The van der Waals surface area contributed by atoms with Gasteiger partial charge in [-0.3, -0.25) is 4.90 Å². The van der Waals surface area contributed by atoms with E-state index in [4.69, 9.17) is 9.47 Å². The normalized spacial score (nSPS) is 24.8. The molecule has 2 aliphatic heterocycles. The molecule has 1 fully saturated rings. The molecular weight excluding hydrogens is 264 g/mol.